The van der Waals surface area contributed by atoms with Crippen molar-refractivity contribution >= 4 is 82.8 Å². The summed E-state index contributed by atoms with van der Waals surface area (Å²) < 4.78 is 19.6. The van der Waals surface area contributed by atoms with Gasteiger partial charge in [-0.05, 0) is 77.2 Å². The van der Waals surface area contributed by atoms with E-state index in [-0.39, 0.29) is 0 Å². The summed E-state index contributed by atoms with van der Waals surface area (Å²) in [4.78, 5) is 5.38. The quantitative estimate of drug-likeness (QED) is 0.174. The Labute approximate surface area is 303 Å². The van der Waals surface area contributed by atoms with E-state index in [4.69, 9.17) is 18.2 Å². The highest BCUT2D eigenvalue weighted by Crippen LogP contribution is 2.45. The molecule has 0 saturated carbocycles. The van der Waals surface area contributed by atoms with E-state index in [2.05, 4.69) is 122 Å². The fourth-order valence-corrected chi connectivity index (χ4v) is 8.14. The largest absolute Gasteiger partial charge is 0.456 e. The van der Waals surface area contributed by atoms with Crippen LogP contribution in [0.1, 0.15) is 23.6 Å². The van der Waals surface area contributed by atoms with E-state index in [0.29, 0.717) is 0 Å². The van der Waals surface area contributed by atoms with Gasteiger partial charge in [-0.25, -0.2) is 4.99 Å². The van der Waals surface area contributed by atoms with Gasteiger partial charge >= 0.3 is 0 Å². The van der Waals surface area contributed by atoms with Crippen LogP contribution in [0.2, 0.25) is 0 Å². The van der Waals surface area contributed by atoms with Gasteiger partial charge in [0.15, 0.2) is 0 Å². The van der Waals surface area contributed by atoms with Crippen LogP contribution in [0.15, 0.2) is 187 Å². The van der Waals surface area contributed by atoms with Gasteiger partial charge in [0.05, 0.1) is 5.71 Å². The van der Waals surface area contributed by atoms with Gasteiger partial charge in [-0.1, -0.05) is 121 Å². The summed E-state index contributed by atoms with van der Waals surface area (Å²) in [5, 5.41) is 6.42. The Morgan fingerprint density at radius 1 is 0.434 bits per heavy atom. The lowest BCUT2D eigenvalue weighted by Crippen LogP contribution is -2.06. The number of fused-ring (bicyclic) bond motifs is 9. The van der Waals surface area contributed by atoms with Crippen molar-refractivity contribution in [2.45, 2.75) is 6.92 Å². The average Bonchev–Trinajstić information content (AvgIpc) is 3.87. The van der Waals surface area contributed by atoms with E-state index >= 15 is 0 Å². The number of aliphatic imine (C=N–C) groups is 1. The molecule has 4 heterocycles. The molecule has 0 radical (unpaired) electrons. The number of benzene rings is 7. The summed E-state index contributed by atoms with van der Waals surface area (Å²) in [6.07, 6.45) is 2.09. The summed E-state index contributed by atoms with van der Waals surface area (Å²) >= 11 is 0. The maximum Gasteiger partial charge on any atom is 0.144 e. The summed E-state index contributed by atoms with van der Waals surface area (Å²) in [6.45, 7) is 2.15. The molecule has 248 valence electrons. The van der Waals surface area contributed by atoms with Gasteiger partial charge in [0, 0.05) is 43.4 Å². The first kappa shape index (κ1) is 29.6. The van der Waals surface area contributed by atoms with E-state index in [1.54, 1.807) is 0 Å². The lowest BCUT2D eigenvalue weighted by Gasteiger charge is -2.13. The maximum atomic E-state index is 6.66. The van der Waals surface area contributed by atoms with Gasteiger partial charge in [0.25, 0.3) is 0 Å². The standard InChI is InChI=1S/C49H29NO3/c1-29-31(27-28-39(30-13-3-2-4-14-30)50-48(29)38-21-9-20-36-32-15-5-7-22-40(32)53-49(36)38)33-17-10-25-43-46(33)47-35(19-12-26-44(47)52-43)34-18-11-24-42-45(34)37-16-6-8-23-41(37)51-42/h2-27H,1H3. The fraction of sp³-hybridized carbons (Fsp3) is 0.0204. The molecule has 4 heteroatoms. The third kappa shape index (κ3) is 4.47. The molecule has 11 rings (SSSR count). The minimum Gasteiger partial charge on any atom is -0.456 e. The predicted octanol–water partition coefficient (Wildman–Crippen LogP) is 13.5. The Morgan fingerprint density at radius 3 is 1.74 bits per heavy atom. The van der Waals surface area contributed by atoms with Crippen molar-refractivity contribution in [1.82, 2.24) is 0 Å². The number of furan rings is 3. The minimum atomic E-state index is 0.756. The van der Waals surface area contributed by atoms with Crippen molar-refractivity contribution in [2.24, 2.45) is 4.99 Å². The Balaban J connectivity index is 1.21. The molecule has 4 nitrogen and oxygen atoms in total. The highest BCUT2D eigenvalue weighted by Gasteiger charge is 2.24. The van der Waals surface area contributed by atoms with Crippen LogP contribution >= 0.6 is 0 Å². The molecule has 1 aliphatic heterocycles. The fourth-order valence-electron chi connectivity index (χ4n) is 8.14. The monoisotopic (exact) mass is 679 g/mol. The Bertz CT molecular complexity index is 3270. The van der Waals surface area contributed by atoms with Crippen molar-refractivity contribution in [2.75, 3.05) is 0 Å². The average molecular weight is 680 g/mol. The minimum absolute atomic E-state index is 0.756. The van der Waals surface area contributed by atoms with Gasteiger partial charge in [0.2, 0.25) is 0 Å². The van der Waals surface area contributed by atoms with Crippen molar-refractivity contribution in [3.63, 3.8) is 0 Å². The summed E-state index contributed by atoms with van der Waals surface area (Å²) in [5.74, 6) is 0. The van der Waals surface area contributed by atoms with Gasteiger partial charge in [-0.2, -0.15) is 0 Å². The number of para-hydroxylation sites is 3. The normalized spacial score (nSPS) is 13.5. The molecule has 0 fully saturated rings. The van der Waals surface area contributed by atoms with Crippen LogP contribution in [-0.2, 0) is 0 Å². The SMILES string of the molecule is CC1=C(c2cccc3oc4cccc(-c5cccc6oc7ccccc7c56)c4c23)C=C=C(c2ccccc2)N=C1c1cccc2c1oc1ccccc12. The van der Waals surface area contributed by atoms with Crippen molar-refractivity contribution < 1.29 is 13.3 Å². The Kier molecular flexibility index (Phi) is 6.39. The van der Waals surface area contributed by atoms with Crippen LogP contribution in [0.25, 0.3) is 88.2 Å². The Hall–Kier alpha value is -7.13. The highest BCUT2D eigenvalue weighted by atomic mass is 16.3. The third-order valence-corrected chi connectivity index (χ3v) is 10.5. The molecule has 53 heavy (non-hydrogen) atoms. The zero-order chi connectivity index (χ0) is 35.0. The highest BCUT2D eigenvalue weighted by molar-refractivity contribution is 6.27. The second-order valence-corrected chi connectivity index (χ2v) is 13.5. The van der Waals surface area contributed by atoms with Gasteiger partial charge < -0.3 is 13.3 Å². The van der Waals surface area contributed by atoms with Gasteiger partial charge in [-0.3, -0.25) is 0 Å². The van der Waals surface area contributed by atoms with Crippen LogP contribution in [0, 0.1) is 0 Å². The molecule has 3 aromatic heterocycles. The number of hydrogen-bond acceptors (Lipinski definition) is 4. The number of hydrogen-bond donors (Lipinski definition) is 0. The lowest BCUT2D eigenvalue weighted by molar-refractivity contribution is 0.668. The molecule has 0 saturated heterocycles. The van der Waals surface area contributed by atoms with Gasteiger partial charge in [0.1, 0.15) is 39.2 Å². The lowest BCUT2D eigenvalue weighted by atomic mass is 9.89. The number of allylic oxidation sites excluding steroid dienone is 3. The van der Waals surface area contributed by atoms with Crippen molar-refractivity contribution in [3.05, 3.63) is 186 Å². The second kappa shape index (κ2) is 11.4. The first-order valence-corrected chi connectivity index (χ1v) is 17.8. The molecular formula is C49H29NO3. The molecule has 10 aromatic rings. The number of rotatable bonds is 4. The molecule has 0 spiro atoms. The van der Waals surface area contributed by atoms with E-state index in [1.165, 1.54) is 0 Å². The maximum absolute atomic E-state index is 6.66. The van der Waals surface area contributed by atoms with Crippen LogP contribution in [-0.4, -0.2) is 5.71 Å². The smallest absolute Gasteiger partial charge is 0.144 e. The van der Waals surface area contributed by atoms with E-state index in [0.717, 1.165) is 116 Å². The first-order chi connectivity index (χ1) is 26.2. The topological polar surface area (TPSA) is 51.8 Å². The molecule has 0 unspecified atom stereocenters. The molecule has 7 aromatic carbocycles. The zero-order valence-electron chi connectivity index (χ0n) is 28.7. The summed E-state index contributed by atoms with van der Waals surface area (Å²) in [6, 6.07) is 52.0. The van der Waals surface area contributed by atoms with Crippen LogP contribution in [0.4, 0.5) is 0 Å². The van der Waals surface area contributed by atoms with Crippen molar-refractivity contribution in [1.29, 1.82) is 0 Å². The van der Waals surface area contributed by atoms with E-state index in [1.807, 2.05) is 48.5 Å². The summed E-state index contributed by atoms with van der Waals surface area (Å²) in [5.41, 5.74) is 17.4. The molecule has 0 N–H and O–H groups in total. The predicted molar refractivity (Wildman–Crippen MR) is 217 cm³/mol. The molecule has 0 amide bonds. The molecule has 0 bridgehead atoms. The molecular weight excluding hydrogens is 651 g/mol. The van der Waals surface area contributed by atoms with Crippen molar-refractivity contribution in [3.8, 4) is 11.1 Å². The van der Waals surface area contributed by atoms with Crippen LogP contribution in [0.3, 0.4) is 0 Å². The van der Waals surface area contributed by atoms with E-state index in [9.17, 15) is 0 Å². The molecule has 0 atom stereocenters. The first-order valence-electron chi connectivity index (χ1n) is 17.8. The Morgan fingerprint density at radius 2 is 0.962 bits per heavy atom. The van der Waals surface area contributed by atoms with E-state index < -0.39 is 0 Å². The molecule has 0 aliphatic carbocycles. The number of nitrogens with zero attached hydrogens (tertiary/aromatic N) is 1. The van der Waals surface area contributed by atoms with Crippen LogP contribution in [0.5, 0.6) is 0 Å². The third-order valence-electron chi connectivity index (χ3n) is 10.5. The van der Waals surface area contributed by atoms with Crippen LogP contribution < -0.4 is 0 Å². The molecule has 1 aliphatic rings. The zero-order valence-corrected chi connectivity index (χ0v) is 28.7. The second-order valence-electron chi connectivity index (χ2n) is 13.5. The summed E-state index contributed by atoms with van der Waals surface area (Å²) in [7, 11) is 0. The van der Waals surface area contributed by atoms with Gasteiger partial charge in [-0.15, -0.1) is 0 Å².